The van der Waals surface area contributed by atoms with Gasteiger partial charge in [-0.3, -0.25) is 9.59 Å². The number of halogens is 1. The van der Waals surface area contributed by atoms with E-state index < -0.39 is 0 Å². The first kappa shape index (κ1) is 15.8. The van der Waals surface area contributed by atoms with Gasteiger partial charge in [-0.1, -0.05) is 23.7 Å². The molecule has 0 aromatic heterocycles. The summed E-state index contributed by atoms with van der Waals surface area (Å²) >= 11 is 5.93. The van der Waals surface area contributed by atoms with Crippen molar-refractivity contribution in [1.82, 2.24) is 10.6 Å². The largest absolute Gasteiger partial charge is 0.376 e. The van der Waals surface area contributed by atoms with E-state index in [1.54, 1.807) is 24.3 Å². The van der Waals surface area contributed by atoms with Gasteiger partial charge in [0.05, 0.1) is 29.3 Å². The summed E-state index contributed by atoms with van der Waals surface area (Å²) < 4.78 is 5.51. The highest BCUT2D eigenvalue weighted by Gasteiger charge is 2.23. The lowest BCUT2D eigenvalue weighted by molar-refractivity contribution is -0.121. The molecule has 2 rings (SSSR count). The highest BCUT2D eigenvalue weighted by molar-refractivity contribution is 6.33. The van der Waals surface area contributed by atoms with Gasteiger partial charge in [-0.2, -0.15) is 0 Å². The lowest BCUT2D eigenvalue weighted by atomic mass is 10.1. The van der Waals surface area contributed by atoms with Crippen LogP contribution in [0.5, 0.6) is 0 Å². The smallest absolute Gasteiger partial charge is 0.253 e. The molecule has 6 heteroatoms. The molecule has 0 saturated carbocycles. The number of amides is 2. The van der Waals surface area contributed by atoms with Gasteiger partial charge >= 0.3 is 0 Å². The van der Waals surface area contributed by atoms with Gasteiger partial charge in [0.15, 0.2) is 0 Å². The molecule has 1 aliphatic rings. The standard InChI is InChI=1S/C15H19ClN2O3/c1-10(13-7-4-8-21-13)18-14(19)9-17-15(20)11-5-2-3-6-12(11)16/h2-3,5-6,10,13H,4,7-9H2,1H3,(H,17,20)(H,18,19). The third-order valence-corrected chi connectivity index (χ3v) is 3.77. The first-order valence-electron chi connectivity index (χ1n) is 7.01. The first-order valence-corrected chi connectivity index (χ1v) is 7.39. The van der Waals surface area contributed by atoms with E-state index in [4.69, 9.17) is 16.3 Å². The van der Waals surface area contributed by atoms with Gasteiger partial charge in [-0.05, 0) is 31.9 Å². The van der Waals surface area contributed by atoms with Gasteiger partial charge in [0.25, 0.3) is 5.91 Å². The molecule has 0 spiro atoms. The number of ether oxygens (including phenoxy) is 1. The van der Waals surface area contributed by atoms with Crippen molar-refractivity contribution in [1.29, 1.82) is 0 Å². The molecule has 5 nitrogen and oxygen atoms in total. The van der Waals surface area contributed by atoms with Crippen molar-refractivity contribution in [2.24, 2.45) is 0 Å². The van der Waals surface area contributed by atoms with Gasteiger partial charge in [0.2, 0.25) is 5.91 Å². The van der Waals surface area contributed by atoms with E-state index in [1.165, 1.54) is 0 Å². The normalized spacial score (nSPS) is 19.0. The van der Waals surface area contributed by atoms with Crippen LogP contribution in [-0.2, 0) is 9.53 Å². The average Bonchev–Trinajstić information content (AvgIpc) is 2.99. The van der Waals surface area contributed by atoms with E-state index in [0.29, 0.717) is 10.6 Å². The maximum absolute atomic E-state index is 11.9. The van der Waals surface area contributed by atoms with Crippen LogP contribution in [0.15, 0.2) is 24.3 Å². The lowest BCUT2D eigenvalue weighted by Gasteiger charge is -2.20. The Morgan fingerprint density at radius 2 is 2.19 bits per heavy atom. The van der Waals surface area contributed by atoms with Crippen molar-refractivity contribution < 1.29 is 14.3 Å². The number of benzene rings is 1. The highest BCUT2D eigenvalue weighted by Crippen LogP contribution is 2.15. The van der Waals surface area contributed by atoms with Gasteiger partial charge < -0.3 is 15.4 Å². The molecule has 0 aliphatic carbocycles. The number of rotatable bonds is 5. The zero-order valence-electron chi connectivity index (χ0n) is 11.9. The molecule has 114 valence electrons. The summed E-state index contributed by atoms with van der Waals surface area (Å²) in [6.07, 6.45) is 2.04. The molecule has 2 N–H and O–H groups in total. The fraction of sp³-hybridized carbons (Fsp3) is 0.467. The van der Waals surface area contributed by atoms with E-state index in [1.807, 2.05) is 6.92 Å². The van der Waals surface area contributed by atoms with Crippen molar-refractivity contribution in [3.63, 3.8) is 0 Å². The molecule has 1 aromatic rings. The van der Waals surface area contributed by atoms with Crippen LogP contribution in [0.1, 0.15) is 30.1 Å². The van der Waals surface area contributed by atoms with Crippen LogP contribution in [0, 0.1) is 0 Å². The Labute approximate surface area is 129 Å². The molecule has 0 bridgehead atoms. The second-order valence-electron chi connectivity index (χ2n) is 5.07. The molecule has 1 fully saturated rings. The minimum Gasteiger partial charge on any atom is -0.376 e. The minimum atomic E-state index is -0.361. The van der Waals surface area contributed by atoms with Crippen molar-refractivity contribution in [3.8, 4) is 0 Å². The van der Waals surface area contributed by atoms with E-state index in [0.717, 1.165) is 19.4 Å². The SMILES string of the molecule is CC(NC(=O)CNC(=O)c1ccccc1Cl)C1CCCO1. The maximum atomic E-state index is 11.9. The second kappa shape index (κ2) is 7.43. The van der Waals surface area contributed by atoms with Gasteiger partial charge in [0, 0.05) is 6.61 Å². The molecular formula is C15H19ClN2O3. The predicted molar refractivity (Wildman–Crippen MR) is 80.4 cm³/mol. The third kappa shape index (κ3) is 4.44. The van der Waals surface area contributed by atoms with Crippen LogP contribution in [-0.4, -0.2) is 37.1 Å². The number of carbonyl (C=O) groups is 2. The van der Waals surface area contributed by atoms with Crippen LogP contribution in [0.3, 0.4) is 0 Å². The zero-order valence-corrected chi connectivity index (χ0v) is 12.7. The summed E-state index contributed by atoms with van der Waals surface area (Å²) in [6.45, 7) is 2.57. The molecule has 1 aromatic carbocycles. The van der Waals surface area contributed by atoms with Crippen molar-refractivity contribution >= 4 is 23.4 Å². The number of hydrogen-bond acceptors (Lipinski definition) is 3. The van der Waals surface area contributed by atoms with Crippen molar-refractivity contribution in [3.05, 3.63) is 34.9 Å². The number of carbonyl (C=O) groups excluding carboxylic acids is 2. The average molecular weight is 311 g/mol. The Bertz CT molecular complexity index is 515. The summed E-state index contributed by atoms with van der Waals surface area (Å²) in [7, 11) is 0. The summed E-state index contributed by atoms with van der Waals surface area (Å²) in [6, 6.07) is 6.66. The van der Waals surface area contributed by atoms with Gasteiger partial charge in [-0.25, -0.2) is 0 Å². The molecule has 21 heavy (non-hydrogen) atoms. The summed E-state index contributed by atoms with van der Waals surface area (Å²) in [5.74, 6) is -0.598. The van der Waals surface area contributed by atoms with E-state index in [9.17, 15) is 9.59 Å². The lowest BCUT2D eigenvalue weighted by Crippen LogP contribution is -2.45. The zero-order chi connectivity index (χ0) is 15.2. The van der Waals surface area contributed by atoms with E-state index in [-0.39, 0.29) is 30.5 Å². The highest BCUT2D eigenvalue weighted by atomic mass is 35.5. The Balaban J connectivity index is 1.78. The molecular weight excluding hydrogens is 292 g/mol. The van der Waals surface area contributed by atoms with Gasteiger partial charge in [-0.15, -0.1) is 0 Å². The Kier molecular flexibility index (Phi) is 5.59. The topological polar surface area (TPSA) is 67.4 Å². The van der Waals surface area contributed by atoms with E-state index >= 15 is 0 Å². The molecule has 2 atom stereocenters. The van der Waals surface area contributed by atoms with E-state index in [2.05, 4.69) is 10.6 Å². The molecule has 1 saturated heterocycles. The van der Waals surface area contributed by atoms with Crippen LogP contribution < -0.4 is 10.6 Å². The van der Waals surface area contributed by atoms with Crippen LogP contribution in [0.4, 0.5) is 0 Å². The minimum absolute atomic E-state index is 0.0581. The summed E-state index contributed by atoms with van der Waals surface area (Å²) in [4.78, 5) is 23.7. The molecule has 2 amide bonds. The Morgan fingerprint density at radius 3 is 2.86 bits per heavy atom. The maximum Gasteiger partial charge on any atom is 0.253 e. The molecule has 1 aliphatic heterocycles. The Hall–Kier alpha value is -1.59. The monoisotopic (exact) mass is 310 g/mol. The molecule has 0 radical (unpaired) electrons. The van der Waals surface area contributed by atoms with Crippen LogP contribution in [0.25, 0.3) is 0 Å². The number of hydrogen-bond donors (Lipinski definition) is 2. The fourth-order valence-electron chi connectivity index (χ4n) is 2.30. The fourth-order valence-corrected chi connectivity index (χ4v) is 2.52. The number of nitrogens with one attached hydrogen (secondary N) is 2. The molecule has 1 heterocycles. The van der Waals surface area contributed by atoms with Gasteiger partial charge in [0.1, 0.15) is 0 Å². The van der Waals surface area contributed by atoms with Crippen LogP contribution in [0.2, 0.25) is 5.02 Å². The quantitative estimate of drug-likeness (QED) is 0.870. The first-order chi connectivity index (χ1) is 10.1. The second-order valence-corrected chi connectivity index (χ2v) is 5.48. The Morgan fingerprint density at radius 1 is 1.43 bits per heavy atom. The summed E-state index contributed by atoms with van der Waals surface area (Å²) in [5.41, 5.74) is 0.360. The summed E-state index contributed by atoms with van der Waals surface area (Å²) in [5, 5.41) is 5.75. The third-order valence-electron chi connectivity index (χ3n) is 3.44. The predicted octanol–water partition coefficient (Wildman–Crippen LogP) is 1.75. The van der Waals surface area contributed by atoms with Crippen molar-refractivity contribution in [2.45, 2.75) is 31.9 Å². The molecule has 2 unspecified atom stereocenters. The van der Waals surface area contributed by atoms with Crippen LogP contribution >= 0.6 is 11.6 Å². The van der Waals surface area contributed by atoms with Crippen molar-refractivity contribution in [2.75, 3.05) is 13.2 Å².